The van der Waals surface area contributed by atoms with Gasteiger partial charge in [-0.3, -0.25) is 9.69 Å². The standard InChI is InChI=1S/C16H30N2O3/c1-4-20-16(19)13(17-12(2)3)8-9-18-10-11-21-15-7-5-6-14(15)18/h12-15,17H,4-11H2,1-3H3. The van der Waals surface area contributed by atoms with E-state index in [9.17, 15) is 4.79 Å². The number of nitrogens with zero attached hydrogens (tertiary/aromatic N) is 1. The van der Waals surface area contributed by atoms with E-state index in [-0.39, 0.29) is 18.1 Å². The molecule has 1 N–H and O–H groups in total. The first-order valence-corrected chi connectivity index (χ1v) is 8.40. The third kappa shape index (κ3) is 4.66. The van der Waals surface area contributed by atoms with Gasteiger partial charge < -0.3 is 14.8 Å². The Hall–Kier alpha value is -0.650. The van der Waals surface area contributed by atoms with Gasteiger partial charge in [0.05, 0.1) is 19.3 Å². The Bertz CT molecular complexity index is 335. The van der Waals surface area contributed by atoms with Crippen LogP contribution in [0.4, 0.5) is 0 Å². The van der Waals surface area contributed by atoms with Crippen LogP contribution in [0, 0.1) is 0 Å². The van der Waals surface area contributed by atoms with E-state index < -0.39 is 0 Å². The Morgan fingerprint density at radius 3 is 2.95 bits per heavy atom. The first-order chi connectivity index (χ1) is 10.1. The molecule has 1 heterocycles. The summed E-state index contributed by atoms with van der Waals surface area (Å²) in [6.45, 7) is 9.17. The summed E-state index contributed by atoms with van der Waals surface area (Å²) in [5.41, 5.74) is 0. The summed E-state index contributed by atoms with van der Waals surface area (Å²) in [6, 6.07) is 0.636. The van der Waals surface area contributed by atoms with Gasteiger partial charge in [-0.1, -0.05) is 13.8 Å². The summed E-state index contributed by atoms with van der Waals surface area (Å²) in [7, 11) is 0. The maximum atomic E-state index is 12.1. The SMILES string of the molecule is CCOC(=O)C(CCN1CCOC2CCCC21)NC(C)C. The lowest BCUT2D eigenvalue weighted by Gasteiger charge is -2.38. The van der Waals surface area contributed by atoms with Gasteiger partial charge in [0, 0.05) is 25.2 Å². The van der Waals surface area contributed by atoms with E-state index in [1.165, 1.54) is 19.3 Å². The van der Waals surface area contributed by atoms with Crippen LogP contribution in [0.3, 0.4) is 0 Å². The fourth-order valence-corrected chi connectivity index (χ4v) is 3.49. The summed E-state index contributed by atoms with van der Waals surface area (Å²) in [5.74, 6) is -0.123. The number of hydrogen-bond acceptors (Lipinski definition) is 5. The van der Waals surface area contributed by atoms with Crippen molar-refractivity contribution >= 4 is 5.97 Å². The minimum absolute atomic E-state index is 0.123. The zero-order valence-corrected chi connectivity index (χ0v) is 13.6. The normalized spacial score (nSPS) is 27.6. The molecule has 0 bridgehead atoms. The summed E-state index contributed by atoms with van der Waals surface area (Å²) in [4.78, 5) is 14.6. The van der Waals surface area contributed by atoms with Crippen LogP contribution >= 0.6 is 0 Å². The lowest BCUT2D eigenvalue weighted by atomic mass is 10.1. The number of carbonyl (C=O) groups is 1. The Balaban J connectivity index is 1.86. The number of carbonyl (C=O) groups excluding carboxylic acids is 1. The molecule has 1 aliphatic carbocycles. The number of hydrogen-bond donors (Lipinski definition) is 1. The largest absolute Gasteiger partial charge is 0.465 e. The fourth-order valence-electron chi connectivity index (χ4n) is 3.49. The smallest absolute Gasteiger partial charge is 0.323 e. The van der Waals surface area contributed by atoms with Crippen molar-refractivity contribution in [1.29, 1.82) is 0 Å². The number of fused-ring (bicyclic) bond motifs is 1. The van der Waals surface area contributed by atoms with Gasteiger partial charge in [-0.2, -0.15) is 0 Å². The van der Waals surface area contributed by atoms with E-state index >= 15 is 0 Å². The summed E-state index contributed by atoms with van der Waals surface area (Å²) < 4.78 is 11.0. The average molecular weight is 298 g/mol. The Morgan fingerprint density at radius 2 is 2.24 bits per heavy atom. The van der Waals surface area contributed by atoms with Gasteiger partial charge in [0.1, 0.15) is 6.04 Å². The molecule has 5 heteroatoms. The Kier molecular flexibility index (Phi) is 6.45. The van der Waals surface area contributed by atoms with Crippen LogP contribution in [0.2, 0.25) is 0 Å². The molecule has 122 valence electrons. The zero-order valence-electron chi connectivity index (χ0n) is 13.6. The van der Waals surface area contributed by atoms with Crippen LogP contribution in [0.15, 0.2) is 0 Å². The summed E-state index contributed by atoms with van der Waals surface area (Å²) in [6.07, 6.45) is 4.90. The van der Waals surface area contributed by atoms with E-state index in [0.29, 0.717) is 18.8 Å². The molecule has 21 heavy (non-hydrogen) atoms. The quantitative estimate of drug-likeness (QED) is 0.723. The molecular weight excluding hydrogens is 268 g/mol. The maximum Gasteiger partial charge on any atom is 0.323 e. The Labute approximate surface area is 128 Å². The minimum Gasteiger partial charge on any atom is -0.465 e. The molecule has 3 unspecified atom stereocenters. The number of nitrogens with one attached hydrogen (secondary N) is 1. The molecule has 2 aliphatic rings. The highest BCUT2D eigenvalue weighted by Crippen LogP contribution is 2.29. The molecular formula is C16H30N2O3. The number of ether oxygens (including phenoxy) is 2. The molecule has 0 radical (unpaired) electrons. The second-order valence-electron chi connectivity index (χ2n) is 6.36. The molecule has 2 fully saturated rings. The van der Waals surface area contributed by atoms with Gasteiger partial charge in [0.2, 0.25) is 0 Å². The molecule has 3 atom stereocenters. The van der Waals surface area contributed by atoms with Crippen LogP contribution in [0.25, 0.3) is 0 Å². The van der Waals surface area contributed by atoms with Gasteiger partial charge in [0.25, 0.3) is 0 Å². The lowest BCUT2D eigenvalue weighted by molar-refractivity contribution is -0.146. The topological polar surface area (TPSA) is 50.8 Å². The van der Waals surface area contributed by atoms with E-state index in [4.69, 9.17) is 9.47 Å². The average Bonchev–Trinajstić information content (AvgIpc) is 2.92. The van der Waals surface area contributed by atoms with Crippen LogP contribution in [0.1, 0.15) is 46.5 Å². The summed E-state index contributed by atoms with van der Waals surface area (Å²) >= 11 is 0. The van der Waals surface area contributed by atoms with Gasteiger partial charge in [-0.15, -0.1) is 0 Å². The predicted molar refractivity (Wildman–Crippen MR) is 82.3 cm³/mol. The van der Waals surface area contributed by atoms with Crippen molar-refractivity contribution in [2.45, 2.75) is 70.7 Å². The van der Waals surface area contributed by atoms with Crippen molar-refractivity contribution < 1.29 is 14.3 Å². The lowest BCUT2D eigenvalue weighted by Crippen LogP contribution is -2.51. The van der Waals surface area contributed by atoms with Crippen molar-refractivity contribution in [2.24, 2.45) is 0 Å². The van der Waals surface area contributed by atoms with Crippen LogP contribution in [-0.2, 0) is 14.3 Å². The monoisotopic (exact) mass is 298 g/mol. The van der Waals surface area contributed by atoms with Gasteiger partial charge in [0.15, 0.2) is 0 Å². The highest BCUT2D eigenvalue weighted by molar-refractivity contribution is 5.75. The van der Waals surface area contributed by atoms with Crippen LogP contribution < -0.4 is 5.32 Å². The summed E-state index contributed by atoms with van der Waals surface area (Å²) in [5, 5.41) is 3.33. The molecule has 5 nitrogen and oxygen atoms in total. The molecule has 0 amide bonds. The fraction of sp³-hybridized carbons (Fsp3) is 0.938. The van der Waals surface area contributed by atoms with Gasteiger partial charge in [-0.05, 0) is 32.6 Å². The molecule has 1 saturated heterocycles. The van der Waals surface area contributed by atoms with E-state index in [2.05, 4.69) is 24.1 Å². The van der Waals surface area contributed by atoms with Crippen LogP contribution in [0.5, 0.6) is 0 Å². The molecule has 0 spiro atoms. The molecule has 0 aromatic heterocycles. The number of esters is 1. The highest BCUT2D eigenvalue weighted by Gasteiger charge is 2.36. The molecule has 1 aliphatic heterocycles. The second-order valence-corrected chi connectivity index (χ2v) is 6.36. The second kappa shape index (κ2) is 8.11. The number of rotatable bonds is 7. The van der Waals surface area contributed by atoms with Crippen molar-refractivity contribution in [1.82, 2.24) is 10.2 Å². The van der Waals surface area contributed by atoms with Crippen molar-refractivity contribution in [3.63, 3.8) is 0 Å². The highest BCUT2D eigenvalue weighted by atomic mass is 16.5. The third-order valence-electron chi connectivity index (χ3n) is 4.41. The van der Waals surface area contributed by atoms with Crippen LogP contribution in [-0.4, -0.2) is 61.4 Å². The maximum absolute atomic E-state index is 12.1. The first-order valence-electron chi connectivity index (χ1n) is 8.40. The van der Waals surface area contributed by atoms with E-state index in [1.807, 2.05) is 6.92 Å². The minimum atomic E-state index is -0.201. The number of morpholine rings is 1. The molecule has 0 aromatic rings. The van der Waals surface area contributed by atoms with Crippen molar-refractivity contribution in [2.75, 3.05) is 26.3 Å². The van der Waals surface area contributed by atoms with Crippen molar-refractivity contribution in [3.8, 4) is 0 Å². The Morgan fingerprint density at radius 1 is 1.43 bits per heavy atom. The molecule has 2 rings (SSSR count). The molecule has 1 saturated carbocycles. The van der Waals surface area contributed by atoms with Gasteiger partial charge in [-0.25, -0.2) is 0 Å². The van der Waals surface area contributed by atoms with Gasteiger partial charge >= 0.3 is 5.97 Å². The van der Waals surface area contributed by atoms with Crippen molar-refractivity contribution in [3.05, 3.63) is 0 Å². The zero-order chi connectivity index (χ0) is 15.2. The van der Waals surface area contributed by atoms with E-state index in [0.717, 1.165) is 26.1 Å². The first kappa shape index (κ1) is 16.7. The van der Waals surface area contributed by atoms with E-state index in [1.54, 1.807) is 0 Å². The third-order valence-corrected chi connectivity index (χ3v) is 4.41. The molecule has 0 aromatic carbocycles. The predicted octanol–water partition coefficient (Wildman–Crippen LogP) is 1.56.